The van der Waals surface area contributed by atoms with Gasteiger partial charge in [0.1, 0.15) is 6.10 Å². The van der Waals surface area contributed by atoms with Crippen molar-refractivity contribution in [1.29, 1.82) is 0 Å². The number of nitrogens with zero attached hydrogens (tertiary/aromatic N) is 2. The summed E-state index contributed by atoms with van der Waals surface area (Å²) in [5, 5.41) is 2.89. The van der Waals surface area contributed by atoms with Gasteiger partial charge in [-0.3, -0.25) is 4.79 Å². The molecule has 1 unspecified atom stereocenters. The third-order valence-corrected chi connectivity index (χ3v) is 7.28. The lowest BCUT2D eigenvalue weighted by Gasteiger charge is -2.34. The molecule has 0 aromatic heterocycles. The van der Waals surface area contributed by atoms with Crippen LogP contribution >= 0.6 is 0 Å². The fourth-order valence-corrected chi connectivity index (χ4v) is 5.32. The van der Waals surface area contributed by atoms with Crippen LogP contribution in [0.3, 0.4) is 0 Å². The number of amides is 1. The Morgan fingerprint density at radius 1 is 1.07 bits per heavy atom. The fraction of sp³-hybridized carbons (Fsp3) is 0.611. The molecular weight excluding hydrogens is 370 g/mol. The third kappa shape index (κ3) is 4.02. The van der Waals surface area contributed by atoms with Gasteiger partial charge in [-0.2, -0.15) is 17.0 Å². The van der Waals surface area contributed by atoms with Crippen LogP contribution in [0.2, 0.25) is 0 Å². The number of carbonyl (C=O) groups excluding carboxylic acids is 1. The lowest BCUT2D eigenvalue weighted by atomic mass is 10.0. The molecule has 1 amide bonds. The van der Waals surface area contributed by atoms with E-state index < -0.39 is 10.2 Å². The predicted octanol–water partition coefficient (Wildman–Crippen LogP) is 0.739. The van der Waals surface area contributed by atoms with Crippen molar-refractivity contribution in [3.8, 4) is 0 Å². The molecule has 4 rings (SSSR count). The molecule has 1 atom stereocenters. The minimum Gasteiger partial charge on any atom is -0.379 e. The van der Waals surface area contributed by atoms with E-state index in [1.54, 1.807) is 0 Å². The van der Waals surface area contributed by atoms with E-state index in [2.05, 4.69) is 5.32 Å². The van der Waals surface area contributed by atoms with E-state index in [-0.39, 0.29) is 12.0 Å². The topological polar surface area (TPSA) is 88.2 Å². The first-order valence-electron chi connectivity index (χ1n) is 9.41. The zero-order chi connectivity index (χ0) is 18.9. The summed E-state index contributed by atoms with van der Waals surface area (Å²) in [5.41, 5.74) is 2.74. The van der Waals surface area contributed by atoms with Crippen molar-refractivity contribution in [2.24, 2.45) is 0 Å². The van der Waals surface area contributed by atoms with Gasteiger partial charge in [-0.25, -0.2) is 0 Å². The zero-order valence-corrected chi connectivity index (χ0v) is 16.0. The summed E-state index contributed by atoms with van der Waals surface area (Å²) in [7, 11) is -3.50. The van der Waals surface area contributed by atoms with E-state index in [9.17, 15) is 13.2 Å². The Bertz CT molecular complexity index is 801. The molecule has 3 heterocycles. The van der Waals surface area contributed by atoms with E-state index in [4.69, 9.17) is 9.47 Å². The molecule has 0 radical (unpaired) electrons. The van der Waals surface area contributed by atoms with Gasteiger partial charge in [-0.15, -0.1) is 0 Å². The Labute approximate surface area is 159 Å². The van der Waals surface area contributed by atoms with E-state index in [0.717, 1.165) is 24.0 Å². The smallest absolute Gasteiger partial charge is 0.282 e. The lowest BCUT2D eigenvalue weighted by Crippen LogP contribution is -2.49. The summed E-state index contributed by atoms with van der Waals surface area (Å²) < 4.78 is 39.5. The molecule has 27 heavy (non-hydrogen) atoms. The van der Waals surface area contributed by atoms with Crippen LogP contribution in [0.25, 0.3) is 0 Å². The minimum absolute atomic E-state index is 0.138. The molecule has 9 heteroatoms. The molecule has 0 aliphatic carbocycles. The van der Waals surface area contributed by atoms with Gasteiger partial charge in [0.05, 0.1) is 13.2 Å². The molecule has 1 N–H and O–H groups in total. The fourth-order valence-electron chi connectivity index (χ4n) is 3.75. The van der Waals surface area contributed by atoms with Crippen LogP contribution in [0.5, 0.6) is 0 Å². The average Bonchev–Trinajstić information content (AvgIpc) is 3.23. The van der Waals surface area contributed by atoms with E-state index >= 15 is 0 Å². The molecule has 0 saturated carbocycles. The molecule has 3 aliphatic rings. The maximum absolute atomic E-state index is 12.9. The summed E-state index contributed by atoms with van der Waals surface area (Å²) in [6.07, 6.45) is 1.91. The van der Waals surface area contributed by atoms with Gasteiger partial charge in [0.2, 0.25) is 0 Å². The second-order valence-corrected chi connectivity index (χ2v) is 9.01. The number of hydrogen-bond donors (Lipinski definition) is 1. The summed E-state index contributed by atoms with van der Waals surface area (Å²) in [4.78, 5) is 12.3. The average molecular weight is 395 g/mol. The number of nitrogens with one attached hydrogen (secondary N) is 1. The molecule has 1 aromatic carbocycles. The molecule has 2 saturated heterocycles. The Hall–Kier alpha value is -1.52. The Morgan fingerprint density at radius 2 is 1.89 bits per heavy atom. The van der Waals surface area contributed by atoms with Crippen LogP contribution in [0.15, 0.2) is 18.2 Å². The highest BCUT2D eigenvalue weighted by Gasteiger charge is 2.33. The van der Waals surface area contributed by atoms with Crippen LogP contribution in [-0.2, 0) is 37.4 Å². The van der Waals surface area contributed by atoms with Crippen LogP contribution in [-0.4, -0.2) is 68.5 Å². The Morgan fingerprint density at radius 3 is 2.63 bits per heavy atom. The summed E-state index contributed by atoms with van der Waals surface area (Å²) in [6.45, 7) is 3.06. The van der Waals surface area contributed by atoms with Crippen molar-refractivity contribution >= 4 is 21.8 Å². The van der Waals surface area contributed by atoms with Crippen molar-refractivity contribution < 1.29 is 22.7 Å². The number of anilines is 1. The van der Waals surface area contributed by atoms with Gasteiger partial charge in [0.15, 0.2) is 0 Å². The lowest BCUT2D eigenvalue weighted by molar-refractivity contribution is -0.124. The third-order valence-electron chi connectivity index (χ3n) is 5.30. The van der Waals surface area contributed by atoms with Crippen LogP contribution in [0, 0.1) is 0 Å². The number of benzene rings is 1. The van der Waals surface area contributed by atoms with Crippen LogP contribution in [0.4, 0.5) is 5.69 Å². The number of morpholine rings is 1. The first kappa shape index (κ1) is 18.8. The van der Waals surface area contributed by atoms with Crippen molar-refractivity contribution in [3.05, 3.63) is 29.3 Å². The molecule has 8 nitrogen and oxygen atoms in total. The zero-order valence-electron chi connectivity index (χ0n) is 15.2. The summed E-state index contributed by atoms with van der Waals surface area (Å²) in [5.74, 6) is -0.138. The highest BCUT2D eigenvalue weighted by atomic mass is 32.2. The summed E-state index contributed by atoms with van der Waals surface area (Å²) >= 11 is 0. The highest BCUT2D eigenvalue weighted by molar-refractivity contribution is 7.86. The molecule has 3 aliphatic heterocycles. The standard InChI is InChI=1S/C18H25N3O5S/c22-18(17-2-1-9-26-17)19-16-4-3-14-5-6-21(13-15(14)12-16)27(23,24)20-7-10-25-11-8-20/h3-4,12,17H,1-2,5-11,13H2,(H,19,22). The first-order chi connectivity index (χ1) is 13.0. The quantitative estimate of drug-likeness (QED) is 0.812. The first-order valence-corrected chi connectivity index (χ1v) is 10.8. The van der Waals surface area contributed by atoms with Crippen molar-refractivity contribution in [1.82, 2.24) is 8.61 Å². The largest absolute Gasteiger partial charge is 0.379 e. The number of ether oxygens (including phenoxy) is 2. The predicted molar refractivity (Wildman–Crippen MR) is 99.5 cm³/mol. The van der Waals surface area contributed by atoms with Crippen molar-refractivity contribution in [2.45, 2.75) is 31.9 Å². The molecular formula is C18H25N3O5S. The van der Waals surface area contributed by atoms with Gasteiger partial charge < -0.3 is 14.8 Å². The molecule has 0 spiro atoms. The molecule has 1 aromatic rings. The van der Waals surface area contributed by atoms with Crippen LogP contribution in [0.1, 0.15) is 24.0 Å². The second-order valence-electron chi connectivity index (χ2n) is 7.08. The minimum atomic E-state index is -3.50. The SMILES string of the molecule is O=C(Nc1ccc2c(c1)CN(S(=O)(=O)N1CCOCC1)CC2)C1CCCO1. The Kier molecular flexibility index (Phi) is 5.47. The van der Waals surface area contributed by atoms with E-state index in [0.29, 0.717) is 58.1 Å². The molecule has 0 bridgehead atoms. The van der Waals surface area contributed by atoms with Gasteiger partial charge in [-0.05, 0) is 42.5 Å². The number of carbonyl (C=O) groups is 1. The van der Waals surface area contributed by atoms with Crippen LogP contribution < -0.4 is 5.32 Å². The number of fused-ring (bicyclic) bond motifs is 1. The van der Waals surface area contributed by atoms with E-state index in [1.165, 1.54) is 8.61 Å². The van der Waals surface area contributed by atoms with Crippen molar-refractivity contribution in [3.63, 3.8) is 0 Å². The molecule has 148 valence electrons. The summed E-state index contributed by atoms with van der Waals surface area (Å²) in [6, 6.07) is 5.72. The van der Waals surface area contributed by atoms with Gasteiger partial charge in [-0.1, -0.05) is 6.07 Å². The van der Waals surface area contributed by atoms with Gasteiger partial charge in [0, 0.05) is 38.5 Å². The number of rotatable bonds is 4. The van der Waals surface area contributed by atoms with Gasteiger partial charge >= 0.3 is 0 Å². The van der Waals surface area contributed by atoms with Crippen molar-refractivity contribution in [2.75, 3.05) is 44.8 Å². The molecule has 2 fully saturated rings. The Balaban J connectivity index is 1.47. The maximum Gasteiger partial charge on any atom is 0.282 e. The highest BCUT2D eigenvalue weighted by Crippen LogP contribution is 2.26. The number of hydrogen-bond acceptors (Lipinski definition) is 5. The second kappa shape index (κ2) is 7.84. The maximum atomic E-state index is 12.9. The normalized spacial score (nSPS) is 24.5. The van der Waals surface area contributed by atoms with Gasteiger partial charge in [0.25, 0.3) is 16.1 Å². The van der Waals surface area contributed by atoms with E-state index in [1.807, 2.05) is 18.2 Å². The monoisotopic (exact) mass is 395 g/mol.